The number of carbonyl (C=O) groups excluding carboxylic acids is 1. The number of amides is 1. The second-order valence-corrected chi connectivity index (χ2v) is 7.14. The Labute approximate surface area is 134 Å². The van der Waals surface area contributed by atoms with Crippen LogP contribution in [0.1, 0.15) is 43.6 Å². The van der Waals surface area contributed by atoms with Gasteiger partial charge in [0.05, 0.1) is 11.1 Å². The number of aromatic nitrogens is 1. The van der Waals surface area contributed by atoms with Gasteiger partial charge in [0.1, 0.15) is 5.69 Å². The number of hydrogen-bond donors (Lipinski definition) is 2. The van der Waals surface area contributed by atoms with Crippen molar-refractivity contribution in [2.75, 3.05) is 13.1 Å². The molecule has 1 amide bonds. The Hall–Kier alpha value is -1.46. The van der Waals surface area contributed by atoms with Crippen molar-refractivity contribution in [2.45, 2.75) is 38.7 Å². The van der Waals surface area contributed by atoms with Crippen molar-refractivity contribution in [3.05, 3.63) is 23.0 Å². The Morgan fingerprint density at radius 3 is 2.73 bits per heavy atom. The highest BCUT2D eigenvalue weighted by atomic mass is 35.5. The van der Waals surface area contributed by atoms with E-state index in [4.69, 9.17) is 16.0 Å². The summed E-state index contributed by atoms with van der Waals surface area (Å²) in [4.78, 5) is 17.4. The average molecular weight is 325 g/mol. The highest BCUT2D eigenvalue weighted by Gasteiger charge is 2.28. The molecule has 3 rings (SSSR count). The molecular weight excluding hydrogens is 304 g/mol. The lowest BCUT2D eigenvalue weighted by Gasteiger charge is -2.34. The molecule has 0 spiro atoms. The number of furan rings is 1. The molecule has 1 aliphatic heterocycles. The second-order valence-electron chi connectivity index (χ2n) is 6.76. The van der Waals surface area contributed by atoms with Crippen LogP contribution in [0.25, 0.3) is 11.1 Å². The Balaban J connectivity index is 1.63. The number of carbonyl (C=O) groups is 1. The molecule has 22 heavy (non-hydrogen) atoms. The monoisotopic (exact) mass is 324 g/mol. The van der Waals surface area contributed by atoms with Gasteiger partial charge >= 0.3 is 0 Å². The SMILES string of the molecule is CC(C)(O)CC1CCN(C(=O)c2cc3oc(Cl)cc3[nH]2)CC1. The molecule has 3 heterocycles. The van der Waals surface area contributed by atoms with Crippen molar-refractivity contribution in [2.24, 2.45) is 5.92 Å². The topological polar surface area (TPSA) is 69.5 Å². The van der Waals surface area contributed by atoms with Crippen LogP contribution in [0.5, 0.6) is 0 Å². The van der Waals surface area contributed by atoms with Gasteiger partial charge in [-0.3, -0.25) is 4.79 Å². The van der Waals surface area contributed by atoms with E-state index in [1.165, 1.54) is 0 Å². The minimum absolute atomic E-state index is 0.00997. The van der Waals surface area contributed by atoms with Crippen LogP contribution in [-0.4, -0.2) is 39.6 Å². The molecule has 2 aromatic heterocycles. The zero-order chi connectivity index (χ0) is 15.9. The molecule has 5 nitrogen and oxygen atoms in total. The smallest absolute Gasteiger partial charge is 0.270 e. The minimum Gasteiger partial charge on any atom is -0.443 e. The van der Waals surface area contributed by atoms with Gasteiger partial charge in [-0.15, -0.1) is 0 Å². The van der Waals surface area contributed by atoms with Crippen LogP contribution < -0.4 is 0 Å². The summed E-state index contributed by atoms with van der Waals surface area (Å²) in [6.45, 7) is 5.12. The summed E-state index contributed by atoms with van der Waals surface area (Å²) in [6.07, 6.45) is 2.64. The maximum absolute atomic E-state index is 12.5. The van der Waals surface area contributed by atoms with E-state index in [1.807, 2.05) is 18.7 Å². The van der Waals surface area contributed by atoms with E-state index in [2.05, 4.69) is 4.98 Å². The molecule has 1 saturated heterocycles. The minimum atomic E-state index is -0.639. The van der Waals surface area contributed by atoms with Gasteiger partial charge in [0.2, 0.25) is 0 Å². The number of piperidine rings is 1. The number of fused-ring (bicyclic) bond motifs is 1. The number of aromatic amines is 1. The van der Waals surface area contributed by atoms with Gasteiger partial charge < -0.3 is 19.4 Å². The molecule has 1 fully saturated rings. The number of H-pyrrole nitrogens is 1. The van der Waals surface area contributed by atoms with Gasteiger partial charge in [-0.05, 0) is 50.6 Å². The first-order valence-corrected chi connectivity index (χ1v) is 7.99. The maximum Gasteiger partial charge on any atom is 0.270 e. The van der Waals surface area contributed by atoms with Crippen LogP contribution in [0.4, 0.5) is 0 Å². The lowest BCUT2D eigenvalue weighted by molar-refractivity contribution is 0.0357. The highest BCUT2D eigenvalue weighted by molar-refractivity contribution is 6.29. The Bertz CT molecular complexity index is 644. The third kappa shape index (κ3) is 3.31. The van der Waals surface area contributed by atoms with E-state index in [1.54, 1.807) is 12.1 Å². The standard InChI is InChI=1S/C16H21ClN2O3/c1-16(2,21)9-10-3-5-19(6-4-10)15(20)12-7-13-11(18-12)8-14(17)22-13/h7-8,10,18,21H,3-6,9H2,1-2H3. The zero-order valence-corrected chi connectivity index (χ0v) is 13.6. The van der Waals surface area contributed by atoms with E-state index in [0.717, 1.165) is 37.9 Å². The first-order chi connectivity index (χ1) is 10.3. The second kappa shape index (κ2) is 5.63. The van der Waals surface area contributed by atoms with Crippen LogP contribution >= 0.6 is 11.6 Å². The van der Waals surface area contributed by atoms with Crippen LogP contribution in [0, 0.1) is 5.92 Å². The Kier molecular flexibility index (Phi) is 3.95. The van der Waals surface area contributed by atoms with Crippen LogP contribution in [0.2, 0.25) is 5.22 Å². The van der Waals surface area contributed by atoms with Crippen molar-refractivity contribution in [1.29, 1.82) is 0 Å². The van der Waals surface area contributed by atoms with Crippen molar-refractivity contribution in [3.8, 4) is 0 Å². The predicted molar refractivity (Wildman–Crippen MR) is 85.1 cm³/mol. The molecule has 0 unspecified atom stereocenters. The number of halogens is 1. The van der Waals surface area contributed by atoms with Crippen molar-refractivity contribution in [1.82, 2.24) is 9.88 Å². The largest absolute Gasteiger partial charge is 0.443 e. The molecule has 2 N–H and O–H groups in total. The predicted octanol–water partition coefficient (Wildman–Crippen LogP) is 3.43. The molecule has 6 heteroatoms. The van der Waals surface area contributed by atoms with E-state index in [0.29, 0.717) is 22.4 Å². The molecule has 0 radical (unpaired) electrons. The van der Waals surface area contributed by atoms with Crippen molar-refractivity contribution < 1.29 is 14.3 Å². The fourth-order valence-electron chi connectivity index (χ4n) is 3.22. The Morgan fingerprint density at radius 1 is 1.45 bits per heavy atom. The summed E-state index contributed by atoms with van der Waals surface area (Å²) in [5, 5.41) is 10.2. The number of hydrogen-bond acceptors (Lipinski definition) is 3. The van der Waals surface area contributed by atoms with E-state index in [-0.39, 0.29) is 5.91 Å². The van der Waals surface area contributed by atoms with Gasteiger partial charge in [-0.25, -0.2) is 0 Å². The van der Waals surface area contributed by atoms with Gasteiger partial charge in [0, 0.05) is 25.2 Å². The van der Waals surface area contributed by atoms with Gasteiger partial charge in [-0.1, -0.05) is 0 Å². The molecule has 0 saturated carbocycles. The molecule has 1 aliphatic rings. The summed E-state index contributed by atoms with van der Waals surface area (Å²) < 4.78 is 5.29. The normalized spacial score (nSPS) is 17.4. The number of rotatable bonds is 3. The molecule has 0 atom stereocenters. The molecule has 2 aromatic rings. The first kappa shape index (κ1) is 15.4. The fourth-order valence-corrected chi connectivity index (χ4v) is 3.42. The third-order valence-corrected chi connectivity index (χ3v) is 4.38. The van der Waals surface area contributed by atoms with Gasteiger partial charge in [0.25, 0.3) is 5.91 Å². The summed E-state index contributed by atoms with van der Waals surface area (Å²) in [7, 11) is 0. The van der Waals surface area contributed by atoms with E-state index >= 15 is 0 Å². The summed E-state index contributed by atoms with van der Waals surface area (Å²) in [5.41, 5.74) is 1.24. The van der Waals surface area contributed by atoms with E-state index < -0.39 is 5.60 Å². The molecule has 0 aromatic carbocycles. The number of nitrogens with one attached hydrogen (secondary N) is 1. The Morgan fingerprint density at radius 2 is 2.14 bits per heavy atom. The number of aliphatic hydroxyl groups is 1. The quantitative estimate of drug-likeness (QED) is 0.908. The van der Waals surface area contributed by atoms with Gasteiger partial charge in [0.15, 0.2) is 10.8 Å². The molecule has 0 bridgehead atoms. The fraction of sp³-hybridized carbons (Fsp3) is 0.562. The van der Waals surface area contributed by atoms with Crippen LogP contribution in [-0.2, 0) is 0 Å². The highest BCUT2D eigenvalue weighted by Crippen LogP contribution is 2.28. The number of likely N-dealkylation sites (tertiary alicyclic amines) is 1. The van der Waals surface area contributed by atoms with Crippen molar-refractivity contribution in [3.63, 3.8) is 0 Å². The maximum atomic E-state index is 12.5. The van der Waals surface area contributed by atoms with Gasteiger partial charge in [-0.2, -0.15) is 0 Å². The zero-order valence-electron chi connectivity index (χ0n) is 12.9. The average Bonchev–Trinajstić information content (AvgIpc) is 2.94. The van der Waals surface area contributed by atoms with Crippen LogP contribution in [0.3, 0.4) is 0 Å². The lowest BCUT2D eigenvalue weighted by atomic mass is 9.86. The molecule has 120 valence electrons. The molecular formula is C16H21ClN2O3. The summed E-state index contributed by atoms with van der Waals surface area (Å²) in [5.74, 6) is 0.465. The number of nitrogens with zero attached hydrogens (tertiary/aromatic N) is 1. The van der Waals surface area contributed by atoms with Crippen molar-refractivity contribution >= 4 is 28.6 Å². The lowest BCUT2D eigenvalue weighted by Crippen LogP contribution is -2.40. The van der Waals surface area contributed by atoms with E-state index in [9.17, 15) is 9.90 Å². The molecule has 0 aliphatic carbocycles. The third-order valence-electron chi connectivity index (χ3n) is 4.20. The summed E-state index contributed by atoms with van der Waals surface area (Å²) >= 11 is 5.77. The summed E-state index contributed by atoms with van der Waals surface area (Å²) in [6, 6.07) is 3.37. The first-order valence-electron chi connectivity index (χ1n) is 7.61. The van der Waals surface area contributed by atoms with Crippen LogP contribution in [0.15, 0.2) is 16.5 Å².